The Bertz CT molecular complexity index is 716. The predicted molar refractivity (Wildman–Crippen MR) is 68.3 cm³/mol. The summed E-state index contributed by atoms with van der Waals surface area (Å²) in [6.07, 6.45) is -1.59. The van der Waals surface area contributed by atoms with Gasteiger partial charge in [0.1, 0.15) is 16.7 Å². The second kappa shape index (κ2) is 4.28. The van der Waals surface area contributed by atoms with Crippen LogP contribution in [-0.2, 0) is 12.6 Å². The standard InChI is InChI=1S/C14H12F3NO2/c1-7(18)6-10-8-2-4-20-13(8)11(14(15,16)17)9-3-5-19-12(9)10/h2-5,7H,6,18H2,1H3/t7-/m0/s1. The third kappa shape index (κ3) is 1.87. The molecule has 6 heteroatoms. The smallest absolute Gasteiger partial charge is 0.420 e. The minimum absolute atomic E-state index is 0.00981. The summed E-state index contributed by atoms with van der Waals surface area (Å²) in [5.74, 6) is 0. The molecule has 20 heavy (non-hydrogen) atoms. The zero-order valence-electron chi connectivity index (χ0n) is 10.6. The van der Waals surface area contributed by atoms with Crippen molar-refractivity contribution in [3.05, 3.63) is 35.8 Å². The third-order valence-corrected chi connectivity index (χ3v) is 3.24. The number of alkyl halides is 3. The van der Waals surface area contributed by atoms with Crippen molar-refractivity contribution in [2.24, 2.45) is 5.73 Å². The highest BCUT2D eigenvalue weighted by Gasteiger charge is 2.38. The Kier molecular flexibility index (Phi) is 2.79. The molecule has 0 saturated heterocycles. The van der Waals surface area contributed by atoms with Crippen LogP contribution in [0, 0.1) is 0 Å². The van der Waals surface area contributed by atoms with Crippen LogP contribution in [0.25, 0.3) is 21.9 Å². The molecule has 0 aliphatic heterocycles. The highest BCUT2D eigenvalue weighted by molar-refractivity contribution is 6.01. The zero-order chi connectivity index (χ0) is 14.5. The van der Waals surface area contributed by atoms with Crippen molar-refractivity contribution >= 4 is 21.9 Å². The Morgan fingerprint density at radius 3 is 2.30 bits per heavy atom. The van der Waals surface area contributed by atoms with Crippen LogP contribution in [0.3, 0.4) is 0 Å². The molecule has 1 atom stereocenters. The van der Waals surface area contributed by atoms with Crippen molar-refractivity contribution in [2.75, 3.05) is 0 Å². The number of rotatable bonds is 2. The van der Waals surface area contributed by atoms with E-state index in [0.29, 0.717) is 17.4 Å². The second-order valence-electron chi connectivity index (χ2n) is 4.86. The fraction of sp³-hybridized carbons (Fsp3) is 0.286. The largest absolute Gasteiger partial charge is 0.464 e. The molecule has 2 N–H and O–H groups in total. The fourth-order valence-corrected chi connectivity index (χ4v) is 2.53. The number of hydrogen-bond donors (Lipinski definition) is 1. The van der Waals surface area contributed by atoms with E-state index in [0.717, 1.165) is 0 Å². The van der Waals surface area contributed by atoms with E-state index in [2.05, 4.69) is 0 Å². The Hall–Kier alpha value is -1.95. The van der Waals surface area contributed by atoms with Gasteiger partial charge in [0.2, 0.25) is 0 Å². The van der Waals surface area contributed by atoms with E-state index in [1.54, 1.807) is 6.92 Å². The Balaban J connectivity index is 2.46. The maximum absolute atomic E-state index is 13.3. The van der Waals surface area contributed by atoms with Crippen molar-refractivity contribution in [3.8, 4) is 0 Å². The molecular weight excluding hydrogens is 271 g/mol. The van der Waals surface area contributed by atoms with Crippen LogP contribution in [0.2, 0.25) is 0 Å². The van der Waals surface area contributed by atoms with Crippen LogP contribution >= 0.6 is 0 Å². The summed E-state index contributed by atoms with van der Waals surface area (Å²) in [6, 6.07) is 2.63. The van der Waals surface area contributed by atoms with Gasteiger partial charge in [-0.3, -0.25) is 0 Å². The van der Waals surface area contributed by atoms with Crippen LogP contribution in [0.4, 0.5) is 13.2 Å². The molecule has 0 aliphatic rings. The van der Waals surface area contributed by atoms with Crippen LogP contribution < -0.4 is 5.73 Å². The van der Waals surface area contributed by atoms with E-state index in [1.165, 1.54) is 24.7 Å². The van der Waals surface area contributed by atoms with E-state index < -0.39 is 11.7 Å². The van der Waals surface area contributed by atoms with Gasteiger partial charge in [-0.05, 0) is 25.5 Å². The van der Waals surface area contributed by atoms with Gasteiger partial charge in [-0.15, -0.1) is 0 Å². The molecule has 0 bridgehead atoms. The molecule has 0 fully saturated rings. The van der Waals surface area contributed by atoms with Gasteiger partial charge in [-0.2, -0.15) is 13.2 Å². The SMILES string of the molecule is C[C@H](N)Cc1c2ccoc2c(C(F)(F)F)c2ccoc12. The molecule has 1 aromatic carbocycles. The number of nitrogens with two attached hydrogens (primary N) is 1. The van der Waals surface area contributed by atoms with Crippen molar-refractivity contribution in [1.29, 1.82) is 0 Å². The van der Waals surface area contributed by atoms with E-state index in [1.807, 2.05) is 0 Å². The first kappa shape index (κ1) is 13.1. The number of fused-ring (bicyclic) bond motifs is 2. The molecule has 2 heterocycles. The molecule has 0 unspecified atom stereocenters. The van der Waals surface area contributed by atoms with Crippen LogP contribution in [-0.4, -0.2) is 6.04 Å². The van der Waals surface area contributed by atoms with Gasteiger partial charge >= 0.3 is 6.18 Å². The number of hydrogen-bond acceptors (Lipinski definition) is 3. The average Bonchev–Trinajstić information content (AvgIpc) is 2.93. The van der Waals surface area contributed by atoms with E-state index in [4.69, 9.17) is 14.6 Å². The maximum atomic E-state index is 13.3. The molecule has 0 saturated carbocycles. The lowest BCUT2D eigenvalue weighted by Crippen LogP contribution is -2.18. The van der Waals surface area contributed by atoms with Gasteiger partial charge in [0.25, 0.3) is 0 Å². The minimum Gasteiger partial charge on any atom is -0.464 e. The molecule has 0 radical (unpaired) electrons. The summed E-state index contributed by atoms with van der Waals surface area (Å²) < 4.78 is 50.2. The summed E-state index contributed by atoms with van der Waals surface area (Å²) >= 11 is 0. The monoisotopic (exact) mass is 283 g/mol. The minimum atomic E-state index is -4.51. The van der Waals surface area contributed by atoms with Gasteiger partial charge in [0.05, 0.1) is 12.5 Å². The number of halogens is 3. The lowest BCUT2D eigenvalue weighted by molar-refractivity contribution is -0.135. The molecule has 0 aliphatic carbocycles. The summed E-state index contributed by atoms with van der Waals surface area (Å²) in [6.45, 7) is 1.79. The maximum Gasteiger partial charge on any atom is 0.420 e. The van der Waals surface area contributed by atoms with Gasteiger partial charge in [0.15, 0.2) is 0 Å². The zero-order valence-corrected chi connectivity index (χ0v) is 10.6. The average molecular weight is 283 g/mol. The highest BCUT2D eigenvalue weighted by atomic mass is 19.4. The Labute approximate surface area is 112 Å². The third-order valence-electron chi connectivity index (χ3n) is 3.24. The summed E-state index contributed by atoms with van der Waals surface area (Å²) in [7, 11) is 0. The first-order chi connectivity index (χ1) is 9.39. The molecule has 3 aromatic rings. The number of furan rings is 2. The van der Waals surface area contributed by atoms with Gasteiger partial charge < -0.3 is 14.6 Å². The van der Waals surface area contributed by atoms with E-state index >= 15 is 0 Å². The first-order valence-electron chi connectivity index (χ1n) is 6.11. The molecular formula is C14H12F3NO2. The van der Waals surface area contributed by atoms with Gasteiger partial charge in [-0.25, -0.2) is 0 Å². The summed E-state index contributed by atoms with van der Waals surface area (Å²) in [5, 5.41) is 0.410. The van der Waals surface area contributed by atoms with E-state index in [-0.39, 0.29) is 22.6 Å². The highest BCUT2D eigenvalue weighted by Crippen LogP contribution is 2.43. The molecule has 0 spiro atoms. The fourth-order valence-electron chi connectivity index (χ4n) is 2.53. The Morgan fingerprint density at radius 2 is 1.70 bits per heavy atom. The normalized spacial score (nSPS) is 14.2. The van der Waals surface area contributed by atoms with Crippen LogP contribution in [0.5, 0.6) is 0 Å². The predicted octanol–water partition coefficient (Wildman–Crippen LogP) is 4.09. The number of benzene rings is 1. The molecule has 3 nitrogen and oxygen atoms in total. The van der Waals surface area contributed by atoms with Crippen molar-refractivity contribution in [3.63, 3.8) is 0 Å². The summed E-state index contributed by atoms with van der Waals surface area (Å²) in [4.78, 5) is 0. The van der Waals surface area contributed by atoms with E-state index in [9.17, 15) is 13.2 Å². The van der Waals surface area contributed by atoms with Gasteiger partial charge in [0, 0.05) is 22.4 Å². The van der Waals surface area contributed by atoms with Crippen molar-refractivity contribution < 1.29 is 22.0 Å². The van der Waals surface area contributed by atoms with Crippen LogP contribution in [0.1, 0.15) is 18.1 Å². The van der Waals surface area contributed by atoms with Crippen molar-refractivity contribution in [1.82, 2.24) is 0 Å². The molecule has 0 amide bonds. The lowest BCUT2D eigenvalue weighted by Gasteiger charge is -2.13. The summed E-state index contributed by atoms with van der Waals surface area (Å²) in [5.41, 5.74) is 5.69. The topological polar surface area (TPSA) is 52.3 Å². The lowest BCUT2D eigenvalue weighted by atomic mass is 9.97. The van der Waals surface area contributed by atoms with Crippen LogP contribution in [0.15, 0.2) is 33.5 Å². The molecule has 106 valence electrons. The first-order valence-corrected chi connectivity index (χ1v) is 6.11. The second-order valence-corrected chi connectivity index (χ2v) is 4.86. The Morgan fingerprint density at radius 1 is 1.10 bits per heavy atom. The van der Waals surface area contributed by atoms with Crippen molar-refractivity contribution in [2.45, 2.75) is 25.6 Å². The quantitative estimate of drug-likeness (QED) is 0.770. The van der Waals surface area contributed by atoms with Gasteiger partial charge in [-0.1, -0.05) is 0 Å². The molecule has 2 aromatic heterocycles. The molecule has 3 rings (SSSR count).